The van der Waals surface area contributed by atoms with E-state index in [1.165, 1.54) is 7.11 Å². The topological polar surface area (TPSA) is 78.9 Å². The predicted octanol–water partition coefficient (Wildman–Crippen LogP) is 1.32. The number of nitrogens with zero attached hydrogens (tertiary/aromatic N) is 1. The summed E-state index contributed by atoms with van der Waals surface area (Å²) >= 11 is 0. The SMILES string of the molecule is COC(=O)NC1CCN(c2ccccc2C(=O)O)C1. The first kappa shape index (κ1) is 13.2. The third kappa shape index (κ3) is 2.96. The maximum Gasteiger partial charge on any atom is 0.407 e. The Kier molecular flexibility index (Phi) is 3.89. The van der Waals surface area contributed by atoms with Crippen LogP contribution in [-0.4, -0.2) is 43.4 Å². The molecule has 0 saturated carbocycles. The van der Waals surface area contributed by atoms with Crippen LogP contribution >= 0.6 is 0 Å². The molecule has 2 N–H and O–H groups in total. The number of carboxylic acid groups (broad SMARTS) is 1. The van der Waals surface area contributed by atoms with Crippen LogP contribution in [0.1, 0.15) is 16.8 Å². The van der Waals surface area contributed by atoms with Gasteiger partial charge in [-0.1, -0.05) is 12.1 Å². The van der Waals surface area contributed by atoms with Gasteiger partial charge in [-0.2, -0.15) is 0 Å². The van der Waals surface area contributed by atoms with Crippen molar-refractivity contribution >= 4 is 17.7 Å². The molecule has 6 heteroatoms. The van der Waals surface area contributed by atoms with Crippen LogP contribution in [0.5, 0.6) is 0 Å². The van der Waals surface area contributed by atoms with Gasteiger partial charge in [-0.15, -0.1) is 0 Å². The zero-order chi connectivity index (χ0) is 13.8. The molecule has 1 aliphatic heterocycles. The number of rotatable bonds is 3. The van der Waals surface area contributed by atoms with Crippen molar-refractivity contribution in [2.75, 3.05) is 25.1 Å². The highest BCUT2D eigenvalue weighted by Crippen LogP contribution is 2.24. The summed E-state index contributed by atoms with van der Waals surface area (Å²) in [6.07, 6.45) is 0.307. The molecule has 1 saturated heterocycles. The van der Waals surface area contributed by atoms with Crippen molar-refractivity contribution in [2.45, 2.75) is 12.5 Å². The van der Waals surface area contributed by atoms with Crippen molar-refractivity contribution < 1.29 is 19.4 Å². The van der Waals surface area contributed by atoms with Gasteiger partial charge in [0.2, 0.25) is 0 Å². The second-order valence-corrected chi connectivity index (χ2v) is 4.39. The van der Waals surface area contributed by atoms with Crippen LogP contribution in [0.25, 0.3) is 0 Å². The van der Waals surface area contributed by atoms with Gasteiger partial charge in [0.05, 0.1) is 24.4 Å². The van der Waals surface area contributed by atoms with E-state index in [1.807, 2.05) is 11.0 Å². The number of para-hydroxylation sites is 1. The number of benzene rings is 1. The van der Waals surface area contributed by atoms with Gasteiger partial charge in [0.15, 0.2) is 0 Å². The van der Waals surface area contributed by atoms with E-state index in [9.17, 15) is 9.59 Å². The van der Waals surface area contributed by atoms with Gasteiger partial charge in [0.25, 0.3) is 0 Å². The molecule has 0 spiro atoms. The number of anilines is 1. The molecule has 2 rings (SSSR count). The van der Waals surface area contributed by atoms with E-state index in [4.69, 9.17) is 5.11 Å². The van der Waals surface area contributed by atoms with Crippen LogP contribution in [0.2, 0.25) is 0 Å². The molecule has 0 aromatic heterocycles. The Morgan fingerprint density at radius 1 is 1.42 bits per heavy atom. The smallest absolute Gasteiger partial charge is 0.407 e. The first-order valence-electron chi connectivity index (χ1n) is 6.03. The van der Waals surface area contributed by atoms with E-state index in [1.54, 1.807) is 18.2 Å². The van der Waals surface area contributed by atoms with Crippen LogP contribution in [-0.2, 0) is 4.74 Å². The number of carboxylic acids is 1. The molecule has 1 amide bonds. The summed E-state index contributed by atoms with van der Waals surface area (Å²) in [7, 11) is 1.32. The second kappa shape index (κ2) is 5.60. The van der Waals surface area contributed by atoms with Gasteiger partial charge < -0.3 is 20.1 Å². The van der Waals surface area contributed by atoms with Gasteiger partial charge in [0.1, 0.15) is 0 Å². The van der Waals surface area contributed by atoms with E-state index in [0.717, 1.165) is 6.42 Å². The molecule has 19 heavy (non-hydrogen) atoms. The van der Waals surface area contributed by atoms with Gasteiger partial charge in [-0.3, -0.25) is 0 Å². The van der Waals surface area contributed by atoms with Crippen molar-refractivity contribution in [1.82, 2.24) is 5.32 Å². The highest BCUT2D eigenvalue weighted by molar-refractivity contribution is 5.94. The summed E-state index contributed by atoms with van der Waals surface area (Å²) in [6, 6.07) is 6.85. The Bertz CT molecular complexity index is 489. The zero-order valence-corrected chi connectivity index (χ0v) is 10.6. The van der Waals surface area contributed by atoms with Gasteiger partial charge in [-0.25, -0.2) is 9.59 Å². The molecular weight excluding hydrogens is 248 g/mol. The van der Waals surface area contributed by atoms with Crippen LogP contribution < -0.4 is 10.2 Å². The Hall–Kier alpha value is -2.24. The highest BCUT2D eigenvalue weighted by atomic mass is 16.5. The minimum Gasteiger partial charge on any atom is -0.478 e. The lowest BCUT2D eigenvalue weighted by atomic mass is 10.1. The molecule has 0 bridgehead atoms. The molecule has 102 valence electrons. The normalized spacial score (nSPS) is 18.2. The molecule has 1 fully saturated rings. The summed E-state index contributed by atoms with van der Waals surface area (Å²) in [4.78, 5) is 24.3. The van der Waals surface area contributed by atoms with Gasteiger partial charge >= 0.3 is 12.1 Å². The maximum absolute atomic E-state index is 11.2. The number of carbonyl (C=O) groups is 2. The van der Waals surface area contributed by atoms with Crippen molar-refractivity contribution in [3.63, 3.8) is 0 Å². The van der Waals surface area contributed by atoms with Crippen LogP contribution in [0.3, 0.4) is 0 Å². The standard InChI is InChI=1S/C13H16N2O4/c1-19-13(18)14-9-6-7-15(8-9)11-5-3-2-4-10(11)12(16)17/h2-5,9H,6-8H2,1H3,(H,14,18)(H,16,17). The van der Waals surface area contributed by atoms with Crippen molar-refractivity contribution in [3.8, 4) is 0 Å². The number of ether oxygens (including phenoxy) is 1. The third-order valence-electron chi connectivity index (χ3n) is 3.17. The van der Waals surface area contributed by atoms with Crippen molar-refractivity contribution in [3.05, 3.63) is 29.8 Å². The quantitative estimate of drug-likeness (QED) is 0.860. The molecule has 1 unspecified atom stereocenters. The lowest BCUT2D eigenvalue weighted by Gasteiger charge is -2.20. The van der Waals surface area contributed by atoms with E-state index >= 15 is 0 Å². The molecule has 1 atom stereocenters. The molecule has 1 heterocycles. The lowest BCUT2D eigenvalue weighted by molar-refractivity contribution is 0.0697. The summed E-state index contributed by atoms with van der Waals surface area (Å²) < 4.78 is 4.55. The number of hydrogen-bond acceptors (Lipinski definition) is 4. The maximum atomic E-state index is 11.2. The van der Waals surface area contributed by atoms with Crippen LogP contribution in [0.4, 0.5) is 10.5 Å². The molecule has 1 aliphatic rings. The van der Waals surface area contributed by atoms with Gasteiger partial charge in [-0.05, 0) is 18.6 Å². The minimum absolute atomic E-state index is 0.0192. The molecular formula is C13H16N2O4. The largest absolute Gasteiger partial charge is 0.478 e. The average molecular weight is 264 g/mol. The number of methoxy groups -OCH3 is 1. The fourth-order valence-corrected chi connectivity index (χ4v) is 2.25. The first-order chi connectivity index (χ1) is 9.11. The van der Waals surface area contributed by atoms with E-state index < -0.39 is 12.1 Å². The second-order valence-electron chi connectivity index (χ2n) is 4.39. The number of carbonyl (C=O) groups excluding carboxylic acids is 1. The minimum atomic E-state index is -0.944. The number of aromatic carboxylic acids is 1. The highest BCUT2D eigenvalue weighted by Gasteiger charge is 2.26. The Morgan fingerprint density at radius 2 is 2.16 bits per heavy atom. The summed E-state index contributed by atoms with van der Waals surface area (Å²) in [5, 5.41) is 11.9. The van der Waals surface area contributed by atoms with E-state index in [2.05, 4.69) is 10.1 Å². The van der Waals surface area contributed by atoms with Gasteiger partial charge in [0, 0.05) is 13.1 Å². The number of alkyl carbamates (subject to hydrolysis) is 1. The van der Waals surface area contributed by atoms with Crippen molar-refractivity contribution in [1.29, 1.82) is 0 Å². The zero-order valence-electron chi connectivity index (χ0n) is 10.6. The lowest BCUT2D eigenvalue weighted by Crippen LogP contribution is -2.37. The fraction of sp³-hybridized carbons (Fsp3) is 0.385. The molecule has 0 aliphatic carbocycles. The van der Waals surface area contributed by atoms with Crippen molar-refractivity contribution in [2.24, 2.45) is 0 Å². The molecule has 0 radical (unpaired) electrons. The van der Waals surface area contributed by atoms with E-state index in [0.29, 0.717) is 18.8 Å². The molecule has 1 aromatic carbocycles. The molecule has 6 nitrogen and oxygen atoms in total. The predicted molar refractivity (Wildman–Crippen MR) is 69.6 cm³/mol. The van der Waals surface area contributed by atoms with Crippen LogP contribution in [0, 0.1) is 0 Å². The fourth-order valence-electron chi connectivity index (χ4n) is 2.25. The van der Waals surface area contributed by atoms with E-state index in [-0.39, 0.29) is 11.6 Å². The Labute approximate surface area is 111 Å². The number of hydrogen-bond donors (Lipinski definition) is 2. The Morgan fingerprint density at radius 3 is 2.84 bits per heavy atom. The Balaban J connectivity index is 2.09. The number of amides is 1. The summed E-state index contributed by atoms with van der Waals surface area (Å²) in [5.41, 5.74) is 0.963. The summed E-state index contributed by atoms with van der Waals surface area (Å²) in [5.74, 6) is -0.944. The number of nitrogens with one attached hydrogen (secondary N) is 1. The molecule has 1 aromatic rings. The third-order valence-corrected chi connectivity index (χ3v) is 3.17. The average Bonchev–Trinajstić information content (AvgIpc) is 2.86. The first-order valence-corrected chi connectivity index (χ1v) is 6.03. The van der Waals surface area contributed by atoms with Crippen LogP contribution in [0.15, 0.2) is 24.3 Å². The monoisotopic (exact) mass is 264 g/mol. The summed E-state index contributed by atoms with van der Waals surface area (Å²) in [6.45, 7) is 1.29.